The average molecular weight is 191 g/mol. The first-order valence-corrected chi connectivity index (χ1v) is 3.54. The van der Waals surface area contributed by atoms with E-state index >= 15 is 0 Å². The predicted molar refractivity (Wildman–Crippen MR) is 43.8 cm³/mol. The predicted octanol–water partition coefficient (Wildman–Crippen LogP) is 1.43. The fourth-order valence-corrected chi connectivity index (χ4v) is 0.793. The Morgan fingerprint density at radius 2 is 2.22 bits per heavy atom. The molecular weight excluding hydrogens is 180 g/mol. The Hall–Kier alpha value is -0.440. The third kappa shape index (κ3) is 3.19. The van der Waals surface area contributed by atoms with Crippen LogP contribution in [0.5, 0.6) is 0 Å². The van der Waals surface area contributed by atoms with Crippen LogP contribution in [0.3, 0.4) is 0 Å². The lowest BCUT2D eigenvalue weighted by atomic mass is 10.3. The van der Waals surface area contributed by atoms with Crippen LogP contribution in [0.2, 0.25) is 0 Å². The molecule has 0 amide bonds. The molecule has 52 valence electrons. The molecule has 0 atom stereocenters. The lowest BCUT2D eigenvalue weighted by Crippen LogP contribution is -1.96. The topological polar surface area (TPSA) is 52.0 Å². The highest BCUT2D eigenvalue weighted by Crippen LogP contribution is 2.10. The molecule has 0 saturated carbocycles. The van der Waals surface area contributed by atoms with Gasteiger partial charge in [-0.3, -0.25) is 0 Å². The van der Waals surface area contributed by atoms with Crippen LogP contribution in [0.25, 0.3) is 0 Å². The van der Waals surface area contributed by atoms with E-state index in [0.717, 1.165) is 16.6 Å². The average Bonchev–Trinajstić information content (AvgIpc) is 1.87. The lowest BCUT2D eigenvalue weighted by Gasteiger charge is -1.95. The summed E-state index contributed by atoms with van der Waals surface area (Å²) in [5, 5.41) is 0. The number of halogens is 1. The van der Waals surface area contributed by atoms with Crippen molar-refractivity contribution in [1.29, 1.82) is 0 Å². The normalized spacial score (nSPS) is 14.0. The molecule has 0 aromatic rings. The van der Waals surface area contributed by atoms with E-state index in [1.54, 1.807) is 6.08 Å². The Morgan fingerprint density at radius 3 is 2.56 bits per heavy atom. The van der Waals surface area contributed by atoms with Crippen LogP contribution in [-0.4, -0.2) is 0 Å². The van der Waals surface area contributed by atoms with Gasteiger partial charge in [0, 0.05) is 10.2 Å². The fourth-order valence-electron chi connectivity index (χ4n) is 0.360. The minimum absolute atomic E-state index is 0.816. The van der Waals surface area contributed by atoms with Gasteiger partial charge in [-0.15, -0.1) is 0 Å². The Labute approximate surface area is 63.7 Å². The number of rotatable bonds is 2. The quantitative estimate of drug-likeness (QED) is 0.648. The van der Waals surface area contributed by atoms with Gasteiger partial charge in [0.2, 0.25) is 0 Å². The Kier molecular flexibility index (Phi) is 4.22. The highest BCUT2D eigenvalue weighted by atomic mass is 79.9. The first kappa shape index (κ1) is 8.56. The van der Waals surface area contributed by atoms with Crippen LogP contribution >= 0.6 is 15.9 Å². The van der Waals surface area contributed by atoms with Gasteiger partial charge in [0.05, 0.1) is 0 Å². The maximum atomic E-state index is 5.53. The van der Waals surface area contributed by atoms with Gasteiger partial charge in [-0.25, -0.2) is 0 Å². The minimum Gasteiger partial charge on any atom is -0.405 e. The van der Waals surface area contributed by atoms with E-state index in [0.29, 0.717) is 0 Å². The standard InChI is InChI=1S/C6H11BrN2/c1-2-6(9)5(7)3-4-8/h3-4H,2,8-9H2,1H3/b4-3-,6-5+. The lowest BCUT2D eigenvalue weighted by molar-refractivity contribution is 1.06. The van der Waals surface area contributed by atoms with Crippen molar-refractivity contribution in [3.05, 3.63) is 22.5 Å². The summed E-state index contributed by atoms with van der Waals surface area (Å²) in [6.07, 6.45) is 4.01. The van der Waals surface area contributed by atoms with Gasteiger partial charge in [-0.05, 0) is 34.6 Å². The molecule has 0 aliphatic heterocycles. The molecule has 0 aromatic heterocycles. The zero-order valence-electron chi connectivity index (χ0n) is 5.39. The van der Waals surface area contributed by atoms with Crippen LogP contribution < -0.4 is 11.5 Å². The molecule has 0 fully saturated rings. The molecule has 0 bridgehead atoms. The molecule has 0 rings (SSSR count). The summed E-state index contributed by atoms with van der Waals surface area (Å²) in [4.78, 5) is 0. The monoisotopic (exact) mass is 190 g/mol. The van der Waals surface area contributed by atoms with Gasteiger partial charge < -0.3 is 11.5 Å². The summed E-state index contributed by atoms with van der Waals surface area (Å²) < 4.78 is 0.868. The van der Waals surface area contributed by atoms with Crippen molar-refractivity contribution in [2.75, 3.05) is 0 Å². The van der Waals surface area contributed by atoms with E-state index in [1.165, 1.54) is 6.20 Å². The van der Waals surface area contributed by atoms with Crippen molar-refractivity contribution in [3.63, 3.8) is 0 Å². The Morgan fingerprint density at radius 1 is 1.67 bits per heavy atom. The van der Waals surface area contributed by atoms with Crippen LogP contribution in [0.15, 0.2) is 22.5 Å². The van der Waals surface area contributed by atoms with E-state index < -0.39 is 0 Å². The Bertz CT molecular complexity index is 138. The Balaban J connectivity index is 4.10. The van der Waals surface area contributed by atoms with Crippen LogP contribution in [0.1, 0.15) is 13.3 Å². The van der Waals surface area contributed by atoms with Crippen molar-refractivity contribution < 1.29 is 0 Å². The molecule has 0 saturated heterocycles. The second-order valence-electron chi connectivity index (χ2n) is 1.59. The second-order valence-corrected chi connectivity index (χ2v) is 2.44. The van der Waals surface area contributed by atoms with Gasteiger partial charge in [0.15, 0.2) is 0 Å². The van der Waals surface area contributed by atoms with E-state index in [2.05, 4.69) is 15.9 Å². The summed E-state index contributed by atoms with van der Waals surface area (Å²) in [5.41, 5.74) is 11.5. The molecule has 3 heteroatoms. The smallest absolute Gasteiger partial charge is 0.0376 e. The summed E-state index contributed by atoms with van der Waals surface area (Å²) >= 11 is 3.25. The summed E-state index contributed by atoms with van der Waals surface area (Å²) in [6.45, 7) is 1.99. The summed E-state index contributed by atoms with van der Waals surface area (Å²) in [7, 11) is 0. The van der Waals surface area contributed by atoms with Crippen LogP contribution in [0, 0.1) is 0 Å². The first-order chi connectivity index (χ1) is 4.22. The SMILES string of the molecule is CC/C(N)=C(Br)/C=C\N. The fraction of sp³-hybridized carbons (Fsp3) is 0.333. The van der Waals surface area contributed by atoms with E-state index in [9.17, 15) is 0 Å². The largest absolute Gasteiger partial charge is 0.405 e. The molecule has 0 aliphatic rings. The van der Waals surface area contributed by atoms with Gasteiger partial charge in [0.25, 0.3) is 0 Å². The van der Waals surface area contributed by atoms with E-state index in [1.807, 2.05) is 6.92 Å². The third-order valence-electron chi connectivity index (χ3n) is 0.930. The highest BCUT2D eigenvalue weighted by Gasteiger charge is 1.89. The molecule has 0 spiro atoms. The van der Waals surface area contributed by atoms with E-state index in [-0.39, 0.29) is 0 Å². The molecule has 0 heterocycles. The van der Waals surface area contributed by atoms with Gasteiger partial charge in [-0.1, -0.05) is 6.92 Å². The number of allylic oxidation sites excluding steroid dienone is 3. The maximum absolute atomic E-state index is 5.53. The summed E-state index contributed by atoms with van der Waals surface area (Å²) in [5.74, 6) is 0. The zero-order chi connectivity index (χ0) is 7.28. The molecule has 0 radical (unpaired) electrons. The summed E-state index contributed by atoms with van der Waals surface area (Å²) in [6, 6.07) is 0. The zero-order valence-corrected chi connectivity index (χ0v) is 6.98. The first-order valence-electron chi connectivity index (χ1n) is 2.74. The van der Waals surface area contributed by atoms with Crippen molar-refractivity contribution >= 4 is 15.9 Å². The number of hydrogen-bond donors (Lipinski definition) is 2. The molecule has 4 N–H and O–H groups in total. The molecule has 9 heavy (non-hydrogen) atoms. The number of nitrogens with two attached hydrogens (primary N) is 2. The van der Waals surface area contributed by atoms with Gasteiger partial charge >= 0.3 is 0 Å². The molecule has 2 nitrogen and oxygen atoms in total. The second kappa shape index (κ2) is 4.44. The van der Waals surface area contributed by atoms with Crippen LogP contribution in [-0.2, 0) is 0 Å². The van der Waals surface area contributed by atoms with Gasteiger partial charge in [-0.2, -0.15) is 0 Å². The third-order valence-corrected chi connectivity index (χ3v) is 1.70. The molecule has 0 aliphatic carbocycles. The highest BCUT2D eigenvalue weighted by molar-refractivity contribution is 9.11. The number of hydrogen-bond acceptors (Lipinski definition) is 2. The molecular formula is C6H11BrN2. The van der Waals surface area contributed by atoms with E-state index in [4.69, 9.17) is 11.5 Å². The van der Waals surface area contributed by atoms with Crippen molar-refractivity contribution in [2.24, 2.45) is 11.5 Å². The van der Waals surface area contributed by atoms with Crippen molar-refractivity contribution in [2.45, 2.75) is 13.3 Å². The minimum atomic E-state index is 0.816. The molecule has 0 aromatic carbocycles. The van der Waals surface area contributed by atoms with Crippen molar-refractivity contribution in [1.82, 2.24) is 0 Å². The van der Waals surface area contributed by atoms with Crippen molar-refractivity contribution in [3.8, 4) is 0 Å². The maximum Gasteiger partial charge on any atom is 0.0376 e. The van der Waals surface area contributed by atoms with Gasteiger partial charge in [0.1, 0.15) is 0 Å². The molecule has 0 unspecified atom stereocenters. The van der Waals surface area contributed by atoms with Crippen LogP contribution in [0.4, 0.5) is 0 Å².